The molecule has 0 bridgehead atoms. The Kier molecular flexibility index (Phi) is 5.01. The van der Waals surface area contributed by atoms with Crippen molar-refractivity contribution in [3.8, 4) is 0 Å². The number of benzene rings is 2. The number of hydrogen-bond acceptors (Lipinski definition) is 3. The largest absolute Gasteiger partial charge is 0.380 e. The number of carbonyl (C=O) groups is 2. The zero-order valence-corrected chi connectivity index (χ0v) is 17.9. The maximum Gasteiger partial charge on any atom is 0.256 e. The summed E-state index contributed by atoms with van der Waals surface area (Å²) in [5.41, 5.74) is 0.904. The molecular formula is C25H26FN3O3. The summed E-state index contributed by atoms with van der Waals surface area (Å²) in [7, 11) is 1.87. The van der Waals surface area contributed by atoms with Crippen molar-refractivity contribution in [3.63, 3.8) is 0 Å². The van der Waals surface area contributed by atoms with E-state index in [0.717, 1.165) is 16.5 Å². The minimum atomic E-state index is -1.49. The van der Waals surface area contributed by atoms with E-state index in [9.17, 15) is 19.1 Å². The highest BCUT2D eigenvalue weighted by Gasteiger charge is 2.50. The van der Waals surface area contributed by atoms with Gasteiger partial charge in [-0.3, -0.25) is 9.59 Å². The molecule has 166 valence electrons. The maximum absolute atomic E-state index is 14.8. The second-order valence-electron chi connectivity index (χ2n) is 9.02. The Labute approximate surface area is 185 Å². The van der Waals surface area contributed by atoms with Crippen LogP contribution in [0.5, 0.6) is 0 Å². The van der Waals surface area contributed by atoms with Crippen molar-refractivity contribution in [1.82, 2.24) is 14.8 Å². The number of para-hydroxylation sites is 1. The fourth-order valence-corrected chi connectivity index (χ4v) is 4.97. The van der Waals surface area contributed by atoms with Crippen LogP contribution in [0.2, 0.25) is 0 Å². The van der Waals surface area contributed by atoms with Gasteiger partial charge in [-0.05, 0) is 36.5 Å². The van der Waals surface area contributed by atoms with Crippen molar-refractivity contribution in [3.05, 3.63) is 71.9 Å². The highest BCUT2D eigenvalue weighted by atomic mass is 19.1. The number of aliphatic hydroxyl groups is 1. The summed E-state index contributed by atoms with van der Waals surface area (Å²) < 4.78 is 16.6. The number of nitrogens with zero attached hydrogens (tertiary/aromatic N) is 2. The lowest BCUT2D eigenvalue weighted by Gasteiger charge is -2.43. The van der Waals surface area contributed by atoms with E-state index in [2.05, 4.69) is 5.32 Å². The van der Waals surface area contributed by atoms with Crippen LogP contribution in [0.3, 0.4) is 0 Å². The van der Waals surface area contributed by atoms with Gasteiger partial charge in [0.25, 0.3) is 11.8 Å². The second kappa shape index (κ2) is 7.74. The maximum atomic E-state index is 14.8. The third-order valence-corrected chi connectivity index (χ3v) is 6.84. The molecule has 5 rings (SSSR count). The van der Waals surface area contributed by atoms with Gasteiger partial charge in [-0.25, -0.2) is 4.39 Å². The first-order valence-corrected chi connectivity index (χ1v) is 10.9. The topological polar surface area (TPSA) is 74.6 Å². The van der Waals surface area contributed by atoms with E-state index < -0.39 is 23.7 Å². The van der Waals surface area contributed by atoms with Crippen molar-refractivity contribution >= 4 is 22.7 Å². The SMILES string of the molecule is Cn1ccc2cccc(C(=O)N3C[C@H](F)[C@H](NC(=O)C4(O)CC(c5ccccc5)C4)C3)c21. The standard InChI is InChI=1S/C25H26FN3O3/c1-28-11-10-17-8-5-9-19(22(17)28)23(30)29-14-20(26)21(15-29)27-24(31)25(32)12-18(13-25)16-6-3-2-4-7-16/h2-11,18,20-21,32H,12-15H2,1H3,(H,27,31)/t18?,20-,21+,25?/m0/s1. The molecule has 2 atom stereocenters. The van der Waals surface area contributed by atoms with E-state index in [-0.39, 0.29) is 24.9 Å². The zero-order valence-electron chi connectivity index (χ0n) is 17.9. The molecule has 0 spiro atoms. The van der Waals surface area contributed by atoms with Gasteiger partial charge in [0.1, 0.15) is 11.8 Å². The fraction of sp³-hybridized carbons (Fsp3) is 0.360. The number of alkyl halides is 1. The van der Waals surface area contributed by atoms with E-state index in [1.165, 1.54) is 4.90 Å². The van der Waals surface area contributed by atoms with E-state index in [4.69, 9.17) is 0 Å². The lowest BCUT2D eigenvalue weighted by Crippen LogP contribution is -2.58. The van der Waals surface area contributed by atoms with Crippen molar-refractivity contribution in [2.24, 2.45) is 7.05 Å². The van der Waals surface area contributed by atoms with Gasteiger partial charge in [0.15, 0.2) is 0 Å². The quantitative estimate of drug-likeness (QED) is 0.662. The number of likely N-dealkylation sites (tertiary alicyclic amines) is 1. The molecule has 7 heteroatoms. The van der Waals surface area contributed by atoms with Gasteiger partial charge < -0.3 is 19.9 Å². The minimum absolute atomic E-state index is 0.0742. The van der Waals surface area contributed by atoms with Crippen LogP contribution >= 0.6 is 0 Å². The van der Waals surface area contributed by atoms with Gasteiger partial charge in [0, 0.05) is 25.2 Å². The van der Waals surface area contributed by atoms with Gasteiger partial charge in [0.2, 0.25) is 0 Å². The molecule has 2 amide bonds. The molecule has 2 fully saturated rings. The molecule has 0 radical (unpaired) electrons. The van der Waals surface area contributed by atoms with Crippen LogP contribution in [0, 0.1) is 0 Å². The highest BCUT2D eigenvalue weighted by Crippen LogP contribution is 2.45. The average molecular weight is 435 g/mol. The fourth-order valence-electron chi connectivity index (χ4n) is 4.97. The molecular weight excluding hydrogens is 409 g/mol. The molecule has 2 heterocycles. The number of carbonyl (C=O) groups excluding carboxylic acids is 2. The lowest BCUT2D eigenvalue weighted by atomic mass is 9.67. The van der Waals surface area contributed by atoms with Gasteiger partial charge in [0.05, 0.1) is 23.7 Å². The lowest BCUT2D eigenvalue weighted by molar-refractivity contribution is -0.151. The summed E-state index contributed by atoms with van der Waals surface area (Å²) in [6.07, 6.45) is 1.12. The summed E-state index contributed by atoms with van der Waals surface area (Å²) in [5.74, 6) is -0.708. The Morgan fingerprint density at radius 2 is 1.81 bits per heavy atom. The van der Waals surface area contributed by atoms with E-state index in [1.54, 1.807) is 6.07 Å². The average Bonchev–Trinajstić information content (AvgIpc) is 3.34. The van der Waals surface area contributed by atoms with Crippen LogP contribution in [0.15, 0.2) is 60.8 Å². The van der Waals surface area contributed by atoms with Gasteiger partial charge in [-0.15, -0.1) is 0 Å². The predicted molar refractivity (Wildman–Crippen MR) is 119 cm³/mol. The minimum Gasteiger partial charge on any atom is -0.380 e. The van der Waals surface area contributed by atoms with Crippen LogP contribution in [0.1, 0.15) is 34.7 Å². The normalized spacial score (nSPS) is 27.3. The Morgan fingerprint density at radius 3 is 2.56 bits per heavy atom. The highest BCUT2D eigenvalue weighted by molar-refractivity contribution is 6.06. The molecule has 0 unspecified atom stereocenters. The molecule has 1 aliphatic carbocycles. The van der Waals surface area contributed by atoms with Crippen LogP contribution < -0.4 is 5.32 Å². The van der Waals surface area contributed by atoms with Crippen molar-refractivity contribution in [2.75, 3.05) is 13.1 Å². The monoisotopic (exact) mass is 435 g/mol. The third kappa shape index (κ3) is 3.46. The number of aryl methyl sites for hydroxylation is 1. The summed E-state index contributed by atoms with van der Waals surface area (Å²) in [4.78, 5) is 27.3. The van der Waals surface area contributed by atoms with Crippen LogP contribution in [-0.4, -0.2) is 57.3 Å². The zero-order chi connectivity index (χ0) is 22.5. The molecule has 32 heavy (non-hydrogen) atoms. The molecule has 1 aromatic heterocycles. The molecule has 2 aliphatic rings. The van der Waals surface area contributed by atoms with E-state index in [0.29, 0.717) is 18.4 Å². The number of nitrogens with one attached hydrogen (secondary N) is 1. The predicted octanol–water partition coefficient (Wildman–Crippen LogP) is 2.77. The van der Waals surface area contributed by atoms with E-state index >= 15 is 0 Å². The molecule has 1 saturated carbocycles. The van der Waals surface area contributed by atoms with Crippen molar-refractivity contribution < 1.29 is 19.1 Å². The summed E-state index contributed by atoms with van der Waals surface area (Å²) in [6, 6.07) is 16.3. The van der Waals surface area contributed by atoms with Crippen LogP contribution in [0.4, 0.5) is 4.39 Å². The third-order valence-electron chi connectivity index (χ3n) is 6.84. The van der Waals surface area contributed by atoms with Crippen LogP contribution in [-0.2, 0) is 11.8 Å². The van der Waals surface area contributed by atoms with Gasteiger partial charge in [-0.1, -0.05) is 42.5 Å². The number of amides is 2. The molecule has 2 aromatic carbocycles. The summed E-state index contributed by atoms with van der Waals surface area (Å²) in [6.45, 7) is -0.0135. The molecule has 1 aliphatic heterocycles. The number of rotatable bonds is 4. The molecule has 1 saturated heterocycles. The Morgan fingerprint density at radius 1 is 1.06 bits per heavy atom. The van der Waals surface area contributed by atoms with Gasteiger partial charge in [-0.2, -0.15) is 0 Å². The Bertz CT molecular complexity index is 1170. The first-order valence-electron chi connectivity index (χ1n) is 10.9. The van der Waals surface area contributed by atoms with E-state index in [1.807, 2.05) is 66.3 Å². The van der Waals surface area contributed by atoms with Crippen molar-refractivity contribution in [1.29, 1.82) is 0 Å². The smallest absolute Gasteiger partial charge is 0.256 e. The number of halogens is 1. The number of aromatic nitrogens is 1. The number of fused-ring (bicyclic) bond motifs is 1. The molecule has 2 N–H and O–H groups in total. The second-order valence-corrected chi connectivity index (χ2v) is 9.02. The van der Waals surface area contributed by atoms with Crippen LogP contribution in [0.25, 0.3) is 10.9 Å². The summed E-state index contributed by atoms with van der Waals surface area (Å²) >= 11 is 0. The molecule has 6 nitrogen and oxygen atoms in total. The Hall–Kier alpha value is -3.19. The Balaban J connectivity index is 1.24. The first kappa shape index (κ1) is 20.7. The van der Waals surface area contributed by atoms with Crippen molar-refractivity contribution in [2.45, 2.75) is 36.6 Å². The van der Waals surface area contributed by atoms with Gasteiger partial charge >= 0.3 is 0 Å². The molecule has 3 aromatic rings. The number of hydrogen-bond donors (Lipinski definition) is 2. The summed E-state index contributed by atoms with van der Waals surface area (Å²) in [5, 5.41) is 14.3. The first-order chi connectivity index (χ1) is 15.4.